The molecule has 1 unspecified atom stereocenters. The Balaban J connectivity index is 1.85. The molecule has 0 radical (unpaired) electrons. The first kappa shape index (κ1) is 20.4. The highest BCUT2D eigenvalue weighted by atomic mass is 32.2. The monoisotopic (exact) mass is 423 g/mol. The van der Waals surface area contributed by atoms with Crippen LogP contribution in [0.15, 0.2) is 65.7 Å². The number of unbranched alkanes of at least 4 members (excludes halogenated alkanes) is 1. The summed E-state index contributed by atoms with van der Waals surface area (Å²) in [6.45, 7) is 2.07. The van der Waals surface area contributed by atoms with Crippen LogP contribution in [0.4, 0.5) is 4.39 Å². The molecule has 0 amide bonds. The summed E-state index contributed by atoms with van der Waals surface area (Å²) in [6.07, 6.45) is 1.84. The highest BCUT2D eigenvalue weighted by Crippen LogP contribution is 2.28. The molecule has 0 aliphatic carbocycles. The lowest BCUT2D eigenvalue weighted by Crippen LogP contribution is -2.07. The van der Waals surface area contributed by atoms with Crippen LogP contribution in [0, 0.1) is 5.82 Å². The third-order valence-corrected chi connectivity index (χ3v) is 6.17. The molecule has 7 heteroatoms. The number of nitrogens with zero attached hydrogens (tertiary/aromatic N) is 3. The summed E-state index contributed by atoms with van der Waals surface area (Å²) in [5, 5.41) is 5.07. The van der Waals surface area contributed by atoms with E-state index < -0.39 is 11.2 Å². The van der Waals surface area contributed by atoms with E-state index in [-0.39, 0.29) is 5.82 Å². The summed E-state index contributed by atoms with van der Waals surface area (Å²) < 4.78 is 33.0. The Kier molecular flexibility index (Phi) is 6.01. The Morgan fingerprint density at radius 2 is 1.73 bits per heavy atom. The van der Waals surface area contributed by atoms with Gasteiger partial charge in [-0.1, -0.05) is 13.3 Å². The van der Waals surface area contributed by atoms with Crippen LogP contribution in [0.3, 0.4) is 0 Å². The van der Waals surface area contributed by atoms with Crippen LogP contribution in [0.5, 0.6) is 5.75 Å². The number of aromatic nitrogens is 3. The molecular weight excluding hydrogens is 401 g/mol. The lowest BCUT2D eigenvalue weighted by molar-refractivity contribution is 0.415. The van der Waals surface area contributed by atoms with Crippen molar-refractivity contribution < 1.29 is 13.7 Å². The first-order chi connectivity index (χ1) is 14.6. The number of halogens is 1. The molecule has 4 aromatic rings. The molecule has 0 aliphatic heterocycles. The smallest absolute Gasteiger partial charge is 0.265 e. The van der Waals surface area contributed by atoms with Gasteiger partial charge in [0.15, 0.2) is 5.65 Å². The van der Waals surface area contributed by atoms with Gasteiger partial charge in [0.05, 0.1) is 24.6 Å². The number of hydrogen-bond acceptors (Lipinski definition) is 4. The van der Waals surface area contributed by atoms with Gasteiger partial charge in [0.1, 0.15) is 17.3 Å². The maximum Gasteiger partial charge on any atom is 0.265 e. The number of methoxy groups -OCH3 is 1. The van der Waals surface area contributed by atoms with Crippen LogP contribution in [0.25, 0.3) is 28.2 Å². The third kappa shape index (κ3) is 4.17. The van der Waals surface area contributed by atoms with Gasteiger partial charge in [-0.3, -0.25) is 0 Å². The molecule has 2 heterocycles. The van der Waals surface area contributed by atoms with Crippen LogP contribution in [0.2, 0.25) is 0 Å². The van der Waals surface area contributed by atoms with Crippen LogP contribution in [-0.2, 0) is 11.2 Å². The van der Waals surface area contributed by atoms with Gasteiger partial charge in [0, 0.05) is 22.3 Å². The molecule has 0 spiro atoms. The predicted octanol–water partition coefficient (Wildman–Crippen LogP) is 5.12. The molecule has 4 rings (SSSR count). The van der Waals surface area contributed by atoms with Gasteiger partial charge in [0.2, 0.25) is 0 Å². The summed E-state index contributed by atoms with van der Waals surface area (Å²) in [5.41, 5.74) is 3.81. The molecule has 30 heavy (non-hydrogen) atoms. The van der Waals surface area contributed by atoms with Gasteiger partial charge in [-0.2, -0.15) is 0 Å². The van der Waals surface area contributed by atoms with Crippen molar-refractivity contribution in [1.29, 1.82) is 0 Å². The molecular formula is C23H22FN3O2S. The molecule has 0 N–H and O–H groups in total. The van der Waals surface area contributed by atoms with Gasteiger partial charge in [-0.05, 0) is 61.0 Å². The average molecular weight is 424 g/mol. The predicted molar refractivity (Wildman–Crippen MR) is 117 cm³/mol. The van der Waals surface area contributed by atoms with E-state index in [1.165, 1.54) is 12.1 Å². The second kappa shape index (κ2) is 8.85. The quantitative estimate of drug-likeness (QED) is 0.387. The fraction of sp³-hybridized carbons (Fsp3) is 0.217. The minimum Gasteiger partial charge on any atom is -0.610 e. The fourth-order valence-corrected chi connectivity index (χ4v) is 4.35. The molecule has 0 fully saturated rings. The van der Waals surface area contributed by atoms with Gasteiger partial charge in [-0.15, -0.1) is 5.10 Å². The molecule has 1 atom stereocenters. The minimum absolute atomic E-state index is 0.304. The Morgan fingerprint density at radius 3 is 2.40 bits per heavy atom. The van der Waals surface area contributed by atoms with E-state index in [1.54, 1.807) is 29.8 Å². The van der Waals surface area contributed by atoms with Crippen molar-refractivity contribution in [1.82, 2.24) is 14.6 Å². The fourth-order valence-electron chi connectivity index (χ4n) is 3.18. The van der Waals surface area contributed by atoms with Crippen molar-refractivity contribution in [3.63, 3.8) is 0 Å². The van der Waals surface area contributed by atoms with Crippen molar-refractivity contribution in [2.75, 3.05) is 12.9 Å². The number of hydrogen-bond donors (Lipinski definition) is 0. The van der Waals surface area contributed by atoms with E-state index >= 15 is 0 Å². The summed E-state index contributed by atoms with van der Waals surface area (Å²) >= 11 is -1.19. The Bertz CT molecular complexity index is 1140. The minimum atomic E-state index is -1.19. The molecule has 0 bridgehead atoms. The average Bonchev–Trinajstić information content (AvgIpc) is 3.22. The van der Waals surface area contributed by atoms with Crippen LogP contribution >= 0.6 is 0 Å². The Hall–Kier alpha value is -2.90. The SMILES string of the molecule is CCCC[S+]([O-])c1cc2nc(-c3ccc(OC)cc3)cc(-c3ccc(F)cc3)n2n1. The number of fused-ring (bicyclic) bond motifs is 1. The van der Waals surface area contributed by atoms with Crippen molar-refractivity contribution >= 4 is 16.8 Å². The van der Waals surface area contributed by atoms with E-state index in [2.05, 4.69) is 12.0 Å². The summed E-state index contributed by atoms with van der Waals surface area (Å²) in [5.74, 6) is 1.02. The molecule has 154 valence electrons. The maximum atomic E-state index is 13.5. The number of rotatable bonds is 7. The van der Waals surface area contributed by atoms with E-state index in [9.17, 15) is 8.94 Å². The lowest BCUT2D eigenvalue weighted by atomic mass is 10.1. The zero-order valence-corrected chi connectivity index (χ0v) is 17.7. The number of ether oxygens (including phenoxy) is 1. The first-order valence-electron chi connectivity index (χ1n) is 9.78. The highest BCUT2D eigenvalue weighted by Gasteiger charge is 2.19. The normalized spacial score (nSPS) is 12.3. The largest absolute Gasteiger partial charge is 0.610 e. The first-order valence-corrected chi connectivity index (χ1v) is 11.1. The van der Waals surface area contributed by atoms with Crippen molar-refractivity contribution in [3.8, 4) is 28.3 Å². The van der Waals surface area contributed by atoms with Crippen LogP contribution < -0.4 is 4.74 Å². The third-order valence-electron chi connectivity index (χ3n) is 4.85. The molecule has 2 aromatic carbocycles. The highest BCUT2D eigenvalue weighted by molar-refractivity contribution is 7.91. The van der Waals surface area contributed by atoms with E-state index in [0.29, 0.717) is 16.4 Å². The Morgan fingerprint density at radius 1 is 1.03 bits per heavy atom. The standard InChI is InChI=1S/C23H22FN3O2S/c1-3-4-13-30(28)23-15-22-25-20(16-7-11-19(29-2)12-8-16)14-21(27(22)26-23)17-5-9-18(24)10-6-17/h5-12,14-15H,3-4,13H2,1-2H3. The topological polar surface area (TPSA) is 62.5 Å². The zero-order valence-electron chi connectivity index (χ0n) is 16.8. The molecule has 0 aliphatic rings. The summed E-state index contributed by atoms with van der Waals surface area (Å²) in [7, 11) is 1.62. The van der Waals surface area contributed by atoms with Gasteiger partial charge in [0.25, 0.3) is 5.03 Å². The molecule has 5 nitrogen and oxygen atoms in total. The van der Waals surface area contributed by atoms with E-state index in [4.69, 9.17) is 9.72 Å². The van der Waals surface area contributed by atoms with Gasteiger partial charge < -0.3 is 9.29 Å². The van der Waals surface area contributed by atoms with Crippen LogP contribution in [0.1, 0.15) is 19.8 Å². The van der Waals surface area contributed by atoms with Gasteiger partial charge in [-0.25, -0.2) is 13.9 Å². The summed E-state index contributed by atoms with van der Waals surface area (Å²) in [4.78, 5) is 4.74. The second-order valence-electron chi connectivity index (χ2n) is 6.92. The van der Waals surface area contributed by atoms with Gasteiger partial charge >= 0.3 is 0 Å². The van der Waals surface area contributed by atoms with E-state index in [0.717, 1.165) is 41.1 Å². The van der Waals surface area contributed by atoms with Crippen molar-refractivity contribution in [3.05, 3.63) is 66.5 Å². The zero-order chi connectivity index (χ0) is 21.1. The Labute approximate surface area is 177 Å². The maximum absolute atomic E-state index is 13.5. The molecule has 0 saturated carbocycles. The molecule has 0 saturated heterocycles. The van der Waals surface area contributed by atoms with Crippen molar-refractivity contribution in [2.24, 2.45) is 0 Å². The second-order valence-corrected chi connectivity index (χ2v) is 8.44. The van der Waals surface area contributed by atoms with Crippen molar-refractivity contribution in [2.45, 2.75) is 24.8 Å². The lowest BCUT2D eigenvalue weighted by Gasteiger charge is -2.09. The van der Waals surface area contributed by atoms with E-state index in [1.807, 2.05) is 30.3 Å². The number of benzene rings is 2. The molecule has 2 aromatic heterocycles. The summed E-state index contributed by atoms with van der Waals surface area (Å²) in [6, 6.07) is 17.5. The van der Waals surface area contributed by atoms with Crippen LogP contribution in [-0.4, -0.2) is 32.0 Å².